The second kappa shape index (κ2) is 6.67. The molecule has 0 spiro atoms. The van der Waals surface area contributed by atoms with Crippen LogP contribution < -0.4 is 10.2 Å². The number of nitrogens with one attached hydrogen (secondary N) is 1. The van der Waals surface area contributed by atoms with Crippen LogP contribution >= 0.6 is 0 Å². The van der Waals surface area contributed by atoms with E-state index >= 15 is 0 Å². The van der Waals surface area contributed by atoms with Crippen LogP contribution in [0.5, 0.6) is 5.75 Å². The number of phenols is 1. The number of amides is 3. The van der Waals surface area contributed by atoms with E-state index in [1.807, 2.05) is 0 Å². The lowest BCUT2D eigenvalue weighted by Gasteiger charge is -2.15. The number of aromatic carboxylic acids is 1. The lowest BCUT2D eigenvalue weighted by Crippen LogP contribution is -2.28. The molecule has 1 aliphatic heterocycles. The molecule has 132 valence electrons. The molecule has 3 rings (SSSR count). The molecule has 1 heterocycles. The van der Waals surface area contributed by atoms with Crippen molar-refractivity contribution in [3.63, 3.8) is 0 Å². The molecule has 2 aromatic carbocycles. The quantitative estimate of drug-likeness (QED) is 0.570. The zero-order valence-electron chi connectivity index (χ0n) is 13.4. The zero-order valence-corrected chi connectivity index (χ0v) is 13.4. The highest BCUT2D eigenvalue weighted by molar-refractivity contribution is 6.20. The molecule has 0 aliphatic carbocycles. The predicted molar refractivity (Wildman–Crippen MR) is 91.2 cm³/mol. The van der Waals surface area contributed by atoms with Gasteiger partial charge in [0.15, 0.2) is 0 Å². The van der Waals surface area contributed by atoms with Crippen LogP contribution in [0.2, 0.25) is 0 Å². The molecular formula is C18H14N2O6. The van der Waals surface area contributed by atoms with Crippen LogP contribution in [0.25, 0.3) is 0 Å². The molecule has 8 heteroatoms. The van der Waals surface area contributed by atoms with Crippen molar-refractivity contribution in [2.45, 2.75) is 12.8 Å². The average molecular weight is 354 g/mol. The third-order valence-electron chi connectivity index (χ3n) is 3.90. The summed E-state index contributed by atoms with van der Waals surface area (Å²) in [5, 5.41) is 21.0. The number of hydrogen-bond donors (Lipinski definition) is 3. The van der Waals surface area contributed by atoms with Gasteiger partial charge in [-0.05, 0) is 36.4 Å². The van der Waals surface area contributed by atoms with Crippen molar-refractivity contribution in [3.05, 3.63) is 53.6 Å². The molecule has 26 heavy (non-hydrogen) atoms. The van der Waals surface area contributed by atoms with Crippen molar-refractivity contribution in [2.75, 3.05) is 10.2 Å². The molecule has 0 aromatic heterocycles. The average Bonchev–Trinajstić information content (AvgIpc) is 2.95. The van der Waals surface area contributed by atoms with Gasteiger partial charge in [-0.3, -0.25) is 19.3 Å². The molecule has 8 nitrogen and oxygen atoms in total. The SMILES string of the molecule is O=C(Nc1ccc(O)c(C(=O)O)c1)c1cccc(N2C(=O)CCC2=O)c1. The van der Waals surface area contributed by atoms with Crippen molar-refractivity contribution in [1.29, 1.82) is 0 Å². The lowest BCUT2D eigenvalue weighted by molar-refractivity contribution is -0.121. The smallest absolute Gasteiger partial charge is 0.339 e. The second-order valence-electron chi connectivity index (χ2n) is 5.66. The fourth-order valence-corrected chi connectivity index (χ4v) is 2.64. The Morgan fingerprint density at radius 1 is 1.00 bits per heavy atom. The Labute approximate surface area is 147 Å². The van der Waals surface area contributed by atoms with E-state index in [9.17, 15) is 24.3 Å². The third kappa shape index (κ3) is 3.25. The third-order valence-corrected chi connectivity index (χ3v) is 3.90. The van der Waals surface area contributed by atoms with Gasteiger partial charge in [-0.2, -0.15) is 0 Å². The summed E-state index contributed by atoms with van der Waals surface area (Å²) in [5.74, 6) is -2.93. The van der Waals surface area contributed by atoms with Gasteiger partial charge in [0.1, 0.15) is 11.3 Å². The van der Waals surface area contributed by atoms with Crippen LogP contribution in [0, 0.1) is 0 Å². The maximum Gasteiger partial charge on any atom is 0.339 e. The number of carbonyl (C=O) groups is 4. The molecule has 0 atom stereocenters. The summed E-state index contributed by atoms with van der Waals surface area (Å²) in [6.45, 7) is 0. The zero-order chi connectivity index (χ0) is 18.8. The van der Waals surface area contributed by atoms with Gasteiger partial charge in [-0.25, -0.2) is 4.79 Å². The van der Waals surface area contributed by atoms with E-state index in [1.54, 1.807) is 12.1 Å². The normalized spacial score (nSPS) is 13.8. The number of anilines is 2. The first-order valence-electron chi connectivity index (χ1n) is 7.70. The maximum atomic E-state index is 12.4. The monoisotopic (exact) mass is 354 g/mol. The van der Waals surface area contributed by atoms with Crippen LogP contribution in [0.15, 0.2) is 42.5 Å². The second-order valence-corrected chi connectivity index (χ2v) is 5.66. The highest BCUT2D eigenvalue weighted by Crippen LogP contribution is 2.25. The first-order chi connectivity index (χ1) is 12.4. The number of carboxylic acids is 1. The van der Waals surface area contributed by atoms with Crippen molar-refractivity contribution in [2.24, 2.45) is 0 Å². The molecule has 2 aromatic rings. The van der Waals surface area contributed by atoms with Gasteiger partial charge >= 0.3 is 5.97 Å². The Kier molecular flexibility index (Phi) is 4.40. The largest absolute Gasteiger partial charge is 0.507 e. The van der Waals surface area contributed by atoms with Crippen LogP contribution in [0.4, 0.5) is 11.4 Å². The van der Waals surface area contributed by atoms with Gasteiger partial charge < -0.3 is 15.5 Å². The number of hydrogen-bond acceptors (Lipinski definition) is 5. The minimum Gasteiger partial charge on any atom is -0.507 e. The molecule has 1 fully saturated rings. The Morgan fingerprint density at radius 3 is 2.35 bits per heavy atom. The van der Waals surface area contributed by atoms with Crippen molar-refractivity contribution >= 4 is 35.1 Å². The molecule has 3 N–H and O–H groups in total. The van der Waals surface area contributed by atoms with Crippen LogP contribution in [-0.4, -0.2) is 33.9 Å². The number of aromatic hydroxyl groups is 1. The predicted octanol–water partition coefficient (Wildman–Crippen LogP) is 2.00. The number of benzene rings is 2. The van der Waals surface area contributed by atoms with Gasteiger partial charge in [0.25, 0.3) is 5.91 Å². The summed E-state index contributed by atoms with van der Waals surface area (Å²) < 4.78 is 0. The van der Waals surface area contributed by atoms with E-state index in [4.69, 9.17) is 5.11 Å². The van der Waals surface area contributed by atoms with E-state index in [0.29, 0.717) is 5.69 Å². The van der Waals surface area contributed by atoms with E-state index in [-0.39, 0.29) is 41.5 Å². The molecule has 0 unspecified atom stereocenters. The van der Waals surface area contributed by atoms with Gasteiger partial charge in [-0.1, -0.05) is 6.07 Å². The summed E-state index contributed by atoms with van der Waals surface area (Å²) in [5.41, 5.74) is 0.343. The minimum atomic E-state index is -1.33. The Hall–Kier alpha value is -3.68. The Balaban J connectivity index is 1.84. The molecule has 0 radical (unpaired) electrons. The maximum absolute atomic E-state index is 12.4. The summed E-state index contributed by atoms with van der Waals surface area (Å²) in [7, 11) is 0. The van der Waals surface area contributed by atoms with Crippen molar-refractivity contribution in [1.82, 2.24) is 0 Å². The minimum absolute atomic E-state index is 0.140. The highest BCUT2D eigenvalue weighted by Gasteiger charge is 2.30. The Morgan fingerprint density at radius 2 is 1.69 bits per heavy atom. The first kappa shape index (κ1) is 17.2. The highest BCUT2D eigenvalue weighted by atomic mass is 16.4. The van der Waals surface area contributed by atoms with Gasteiger partial charge in [-0.15, -0.1) is 0 Å². The van der Waals surface area contributed by atoms with E-state index in [2.05, 4.69) is 5.32 Å². The van der Waals surface area contributed by atoms with Gasteiger partial charge in [0.2, 0.25) is 11.8 Å². The molecule has 0 bridgehead atoms. The van der Waals surface area contributed by atoms with E-state index in [1.165, 1.54) is 18.2 Å². The lowest BCUT2D eigenvalue weighted by atomic mass is 10.1. The first-order valence-corrected chi connectivity index (χ1v) is 7.70. The fourth-order valence-electron chi connectivity index (χ4n) is 2.64. The standard InChI is InChI=1S/C18H14N2O6/c21-14-5-4-11(9-13(14)18(25)26)19-17(24)10-2-1-3-12(8-10)20-15(22)6-7-16(20)23/h1-5,8-9,21H,6-7H2,(H,19,24)(H,25,26). The van der Waals surface area contributed by atoms with E-state index in [0.717, 1.165) is 17.0 Å². The molecule has 1 saturated heterocycles. The van der Waals surface area contributed by atoms with Gasteiger partial charge in [0, 0.05) is 24.1 Å². The summed E-state index contributed by atoms with van der Waals surface area (Å²) in [6, 6.07) is 9.67. The van der Waals surface area contributed by atoms with Crippen LogP contribution in [0.1, 0.15) is 33.6 Å². The molecule has 3 amide bonds. The summed E-state index contributed by atoms with van der Waals surface area (Å²) in [6.07, 6.45) is 0.279. The number of carboxylic acid groups (broad SMARTS) is 1. The van der Waals surface area contributed by atoms with E-state index < -0.39 is 17.6 Å². The topological polar surface area (TPSA) is 124 Å². The van der Waals surface area contributed by atoms with Crippen molar-refractivity contribution in [3.8, 4) is 5.75 Å². The Bertz CT molecular complexity index is 921. The van der Waals surface area contributed by atoms with Crippen LogP contribution in [-0.2, 0) is 9.59 Å². The van der Waals surface area contributed by atoms with Crippen LogP contribution in [0.3, 0.4) is 0 Å². The summed E-state index contributed by atoms with van der Waals surface area (Å²) >= 11 is 0. The summed E-state index contributed by atoms with van der Waals surface area (Å²) in [4.78, 5) is 48.1. The number of nitrogens with zero attached hydrogens (tertiary/aromatic N) is 1. The molecule has 0 saturated carbocycles. The number of imide groups is 1. The molecule has 1 aliphatic rings. The van der Waals surface area contributed by atoms with Crippen molar-refractivity contribution < 1.29 is 29.4 Å². The number of carbonyl (C=O) groups excluding carboxylic acids is 3. The number of rotatable bonds is 4. The van der Waals surface area contributed by atoms with Gasteiger partial charge in [0.05, 0.1) is 5.69 Å². The molecular weight excluding hydrogens is 340 g/mol. The fraction of sp³-hybridized carbons (Fsp3) is 0.111.